The second kappa shape index (κ2) is 5.98. The number of nitrogens with zero attached hydrogens (tertiary/aromatic N) is 2. The maximum atomic E-state index is 13.7. The van der Waals surface area contributed by atoms with E-state index in [1.165, 1.54) is 18.2 Å². The second-order valence-electron chi connectivity index (χ2n) is 6.49. The van der Waals surface area contributed by atoms with Gasteiger partial charge in [-0.2, -0.15) is 0 Å². The lowest BCUT2D eigenvalue weighted by Crippen LogP contribution is -2.53. The van der Waals surface area contributed by atoms with Crippen LogP contribution in [-0.2, 0) is 17.8 Å². The van der Waals surface area contributed by atoms with Gasteiger partial charge in [-0.25, -0.2) is 8.78 Å². The molecule has 1 atom stereocenters. The SMILES string of the molecule is O=C1CN(Cc2ccc(F)cc2)CC2c3cc(F)ccc3CCN12. The van der Waals surface area contributed by atoms with Crippen LogP contribution in [0.1, 0.15) is 22.7 Å². The molecule has 24 heavy (non-hydrogen) atoms. The molecular weight excluding hydrogens is 310 g/mol. The minimum absolute atomic E-state index is 0.0725. The van der Waals surface area contributed by atoms with Gasteiger partial charge in [-0.05, 0) is 47.4 Å². The number of carbonyl (C=O) groups is 1. The number of hydrogen-bond acceptors (Lipinski definition) is 2. The van der Waals surface area contributed by atoms with Crippen molar-refractivity contribution in [3.8, 4) is 0 Å². The van der Waals surface area contributed by atoms with E-state index in [0.29, 0.717) is 26.2 Å². The van der Waals surface area contributed by atoms with Crippen LogP contribution in [0.4, 0.5) is 8.78 Å². The fourth-order valence-corrected chi connectivity index (χ4v) is 3.72. The molecule has 0 radical (unpaired) electrons. The number of benzene rings is 2. The van der Waals surface area contributed by atoms with Crippen molar-refractivity contribution in [2.45, 2.75) is 19.0 Å². The number of halogens is 2. The van der Waals surface area contributed by atoms with Gasteiger partial charge in [-0.3, -0.25) is 9.69 Å². The highest BCUT2D eigenvalue weighted by molar-refractivity contribution is 5.80. The molecule has 0 spiro atoms. The van der Waals surface area contributed by atoms with Crippen molar-refractivity contribution >= 4 is 5.91 Å². The number of piperazine rings is 1. The Kier molecular flexibility index (Phi) is 3.81. The average molecular weight is 328 g/mol. The normalized spacial score (nSPS) is 20.7. The maximum Gasteiger partial charge on any atom is 0.237 e. The van der Waals surface area contributed by atoms with E-state index in [1.807, 2.05) is 11.0 Å². The highest BCUT2D eigenvalue weighted by Gasteiger charge is 2.36. The Balaban J connectivity index is 1.59. The zero-order valence-corrected chi connectivity index (χ0v) is 13.2. The average Bonchev–Trinajstić information content (AvgIpc) is 2.57. The van der Waals surface area contributed by atoms with Gasteiger partial charge in [-0.1, -0.05) is 18.2 Å². The summed E-state index contributed by atoms with van der Waals surface area (Å²) < 4.78 is 26.7. The Hall–Kier alpha value is -2.27. The highest BCUT2D eigenvalue weighted by atomic mass is 19.1. The van der Waals surface area contributed by atoms with Crippen LogP contribution in [0.3, 0.4) is 0 Å². The van der Waals surface area contributed by atoms with Crippen molar-refractivity contribution in [2.75, 3.05) is 19.6 Å². The van der Waals surface area contributed by atoms with Gasteiger partial charge < -0.3 is 4.90 Å². The van der Waals surface area contributed by atoms with Gasteiger partial charge in [0.1, 0.15) is 11.6 Å². The monoisotopic (exact) mass is 328 g/mol. The summed E-state index contributed by atoms with van der Waals surface area (Å²) >= 11 is 0. The van der Waals surface area contributed by atoms with E-state index in [-0.39, 0.29) is 23.6 Å². The van der Waals surface area contributed by atoms with Crippen LogP contribution in [0.2, 0.25) is 0 Å². The van der Waals surface area contributed by atoms with Crippen molar-refractivity contribution in [2.24, 2.45) is 0 Å². The number of fused-ring (bicyclic) bond motifs is 3. The lowest BCUT2D eigenvalue weighted by atomic mass is 9.90. The first-order valence-electron chi connectivity index (χ1n) is 8.15. The van der Waals surface area contributed by atoms with Crippen molar-refractivity contribution < 1.29 is 13.6 Å². The largest absolute Gasteiger partial charge is 0.333 e. The second-order valence-corrected chi connectivity index (χ2v) is 6.49. The predicted molar refractivity (Wildman–Crippen MR) is 86.2 cm³/mol. The van der Waals surface area contributed by atoms with Crippen molar-refractivity contribution in [3.63, 3.8) is 0 Å². The molecule has 2 heterocycles. The van der Waals surface area contributed by atoms with E-state index in [9.17, 15) is 13.6 Å². The molecule has 4 rings (SSSR count). The molecule has 5 heteroatoms. The minimum Gasteiger partial charge on any atom is -0.333 e. The number of amides is 1. The molecular formula is C19H18F2N2O. The molecule has 1 unspecified atom stereocenters. The first-order valence-corrected chi connectivity index (χ1v) is 8.15. The molecule has 2 aliphatic heterocycles. The molecule has 0 aromatic heterocycles. The Morgan fingerprint density at radius 1 is 1.04 bits per heavy atom. The lowest BCUT2D eigenvalue weighted by Gasteiger charge is -2.44. The molecule has 2 aromatic carbocycles. The maximum absolute atomic E-state index is 13.7. The zero-order chi connectivity index (χ0) is 16.7. The molecule has 124 valence electrons. The van der Waals surface area contributed by atoms with E-state index >= 15 is 0 Å². The Morgan fingerprint density at radius 3 is 2.58 bits per heavy atom. The van der Waals surface area contributed by atoms with Gasteiger partial charge >= 0.3 is 0 Å². The van der Waals surface area contributed by atoms with Crippen molar-refractivity contribution in [3.05, 3.63) is 70.8 Å². The van der Waals surface area contributed by atoms with E-state index in [4.69, 9.17) is 0 Å². The molecule has 2 aromatic rings. The summed E-state index contributed by atoms with van der Waals surface area (Å²) in [4.78, 5) is 16.4. The Bertz CT molecular complexity index is 775. The number of rotatable bonds is 2. The minimum atomic E-state index is -0.267. The molecule has 1 fully saturated rings. The fourth-order valence-electron chi connectivity index (χ4n) is 3.72. The summed E-state index contributed by atoms with van der Waals surface area (Å²) in [6, 6.07) is 11.1. The quantitative estimate of drug-likeness (QED) is 0.846. The van der Waals surface area contributed by atoms with Gasteiger partial charge in [-0.15, -0.1) is 0 Å². The van der Waals surface area contributed by atoms with E-state index < -0.39 is 0 Å². The van der Waals surface area contributed by atoms with Gasteiger partial charge in [0.2, 0.25) is 5.91 Å². The number of hydrogen-bond donors (Lipinski definition) is 0. The van der Waals surface area contributed by atoms with Crippen molar-refractivity contribution in [1.29, 1.82) is 0 Å². The standard InChI is InChI=1S/C19H18F2N2O/c20-15-4-1-13(2-5-15)10-22-11-18-17-9-16(21)6-3-14(17)7-8-23(18)19(24)12-22/h1-6,9,18H,7-8,10-12H2. The van der Waals surface area contributed by atoms with Crippen LogP contribution in [0.15, 0.2) is 42.5 Å². The van der Waals surface area contributed by atoms with Gasteiger partial charge in [0.15, 0.2) is 0 Å². The first-order chi connectivity index (χ1) is 11.6. The fraction of sp³-hybridized carbons (Fsp3) is 0.316. The summed E-state index contributed by atoms with van der Waals surface area (Å²) in [5, 5.41) is 0. The van der Waals surface area contributed by atoms with Gasteiger partial charge in [0, 0.05) is 19.6 Å². The van der Waals surface area contributed by atoms with Crippen LogP contribution in [0.5, 0.6) is 0 Å². The molecule has 0 bridgehead atoms. The number of carbonyl (C=O) groups excluding carboxylic acids is 1. The molecule has 3 nitrogen and oxygen atoms in total. The predicted octanol–water partition coefficient (Wildman–Crippen LogP) is 2.91. The van der Waals surface area contributed by atoms with E-state index in [1.54, 1.807) is 18.2 Å². The summed E-state index contributed by atoms with van der Waals surface area (Å²) in [6.07, 6.45) is 0.774. The van der Waals surface area contributed by atoms with E-state index in [0.717, 1.165) is 23.1 Å². The van der Waals surface area contributed by atoms with Crippen molar-refractivity contribution in [1.82, 2.24) is 9.80 Å². The molecule has 2 aliphatic rings. The van der Waals surface area contributed by atoms with Crippen LogP contribution < -0.4 is 0 Å². The zero-order valence-electron chi connectivity index (χ0n) is 13.2. The molecule has 1 amide bonds. The topological polar surface area (TPSA) is 23.6 Å². The van der Waals surface area contributed by atoms with Crippen LogP contribution >= 0.6 is 0 Å². The van der Waals surface area contributed by atoms with Gasteiger partial charge in [0.25, 0.3) is 0 Å². The Labute approximate surface area is 139 Å². The van der Waals surface area contributed by atoms with Crippen LogP contribution in [0, 0.1) is 11.6 Å². The highest BCUT2D eigenvalue weighted by Crippen LogP contribution is 2.34. The third-order valence-corrected chi connectivity index (χ3v) is 4.89. The summed E-state index contributed by atoms with van der Waals surface area (Å²) in [6.45, 7) is 2.28. The molecule has 0 N–H and O–H groups in total. The molecule has 1 saturated heterocycles. The third-order valence-electron chi connectivity index (χ3n) is 4.89. The first kappa shape index (κ1) is 15.3. The Morgan fingerprint density at radius 2 is 1.79 bits per heavy atom. The summed E-state index contributed by atoms with van der Waals surface area (Å²) in [7, 11) is 0. The van der Waals surface area contributed by atoms with Gasteiger partial charge in [0.05, 0.1) is 12.6 Å². The lowest BCUT2D eigenvalue weighted by molar-refractivity contribution is -0.140. The summed E-state index contributed by atoms with van der Waals surface area (Å²) in [5.41, 5.74) is 3.00. The molecule has 0 aliphatic carbocycles. The summed E-state index contributed by atoms with van der Waals surface area (Å²) in [5.74, 6) is -0.460. The molecule has 0 saturated carbocycles. The van der Waals surface area contributed by atoms with E-state index in [2.05, 4.69) is 4.90 Å². The third kappa shape index (κ3) is 2.80. The van der Waals surface area contributed by atoms with Crippen LogP contribution in [-0.4, -0.2) is 35.3 Å². The smallest absolute Gasteiger partial charge is 0.237 e. The van der Waals surface area contributed by atoms with Crippen LogP contribution in [0.25, 0.3) is 0 Å².